The van der Waals surface area contributed by atoms with E-state index in [4.69, 9.17) is 28.9 Å². The van der Waals surface area contributed by atoms with Crippen LogP contribution in [-0.4, -0.2) is 12.2 Å². The second-order valence-corrected chi connectivity index (χ2v) is 4.54. The smallest absolute Gasteiger partial charge is 0.391 e. The lowest BCUT2D eigenvalue weighted by molar-refractivity contribution is -0.136. The quantitative estimate of drug-likeness (QED) is 0.812. The average Bonchev–Trinajstić information content (AvgIpc) is 2.08. The summed E-state index contributed by atoms with van der Waals surface area (Å²) in [6.07, 6.45) is -5.21. The number of nitrogens with one attached hydrogen (secondary N) is 1. The van der Waals surface area contributed by atoms with E-state index in [1.165, 1.54) is 19.1 Å². The Morgan fingerprint density at radius 3 is 2.18 bits per heavy atom. The van der Waals surface area contributed by atoms with Crippen molar-refractivity contribution in [3.8, 4) is 0 Å². The Labute approximate surface area is 107 Å². The molecule has 0 aliphatic heterocycles. The molecule has 1 unspecified atom stereocenters. The van der Waals surface area contributed by atoms with Gasteiger partial charge in [-0.05, 0) is 19.1 Å². The summed E-state index contributed by atoms with van der Waals surface area (Å²) in [6, 6.07) is 2.03. The Morgan fingerprint density at radius 1 is 1.29 bits per heavy atom. The molecule has 0 spiro atoms. The maximum Gasteiger partial charge on any atom is 0.391 e. The summed E-state index contributed by atoms with van der Waals surface area (Å²) in [5, 5.41) is 3.02. The van der Waals surface area contributed by atoms with Crippen molar-refractivity contribution in [1.29, 1.82) is 0 Å². The van der Waals surface area contributed by atoms with Crippen LogP contribution in [0.3, 0.4) is 0 Å². The standard InChI is InChI=1S/C10H11Cl2F3N2/c1-5(4-10(13,14)15)17-9-7(11)2-6(16)3-8(9)12/h2-3,5,17H,4,16H2,1H3. The molecule has 0 bridgehead atoms. The lowest BCUT2D eigenvalue weighted by Gasteiger charge is -2.19. The number of hydrogen-bond donors (Lipinski definition) is 2. The van der Waals surface area contributed by atoms with Crippen molar-refractivity contribution in [2.45, 2.75) is 25.6 Å². The number of nitrogens with two attached hydrogens (primary N) is 1. The summed E-state index contributed by atoms with van der Waals surface area (Å²) >= 11 is 11.7. The van der Waals surface area contributed by atoms with E-state index < -0.39 is 18.6 Å². The molecule has 3 N–H and O–H groups in total. The fraction of sp³-hybridized carbons (Fsp3) is 0.400. The fourth-order valence-electron chi connectivity index (χ4n) is 1.38. The fourth-order valence-corrected chi connectivity index (χ4v) is 1.99. The SMILES string of the molecule is CC(CC(F)(F)F)Nc1c(Cl)cc(N)cc1Cl. The molecular formula is C10H11Cl2F3N2. The summed E-state index contributed by atoms with van der Waals surface area (Å²) in [6.45, 7) is 1.40. The van der Waals surface area contributed by atoms with Crippen LogP contribution < -0.4 is 11.1 Å². The third kappa shape index (κ3) is 4.52. The molecule has 1 atom stereocenters. The molecule has 0 aliphatic rings. The van der Waals surface area contributed by atoms with Crippen LogP contribution in [0.25, 0.3) is 0 Å². The molecule has 0 saturated carbocycles. The van der Waals surface area contributed by atoms with Crippen LogP contribution in [0.4, 0.5) is 24.5 Å². The molecule has 7 heteroatoms. The van der Waals surface area contributed by atoms with Crippen molar-refractivity contribution < 1.29 is 13.2 Å². The van der Waals surface area contributed by atoms with Gasteiger partial charge in [-0.25, -0.2) is 0 Å². The lowest BCUT2D eigenvalue weighted by atomic mass is 10.2. The second-order valence-electron chi connectivity index (χ2n) is 3.72. The van der Waals surface area contributed by atoms with Crippen LogP contribution in [-0.2, 0) is 0 Å². The predicted molar refractivity (Wildman–Crippen MR) is 64.6 cm³/mol. The van der Waals surface area contributed by atoms with E-state index in [-0.39, 0.29) is 15.7 Å². The highest BCUT2D eigenvalue weighted by molar-refractivity contribution is 6.39. The Bertz CT molecular complexity index is 384. The van der Waals surface area contributed by atoms with Crippen LogP contribution in [0.5, 0.6) is 0 Å². The van der Waals surface area contributed by atoms with Crippen LogP contribution in [0.1, 0.15) is 13.3 Å². The molecule has 17 heavy (non-hydrogen) atoms. The van der Waals surface area contributed by atoms with Gasteiger partial charge in [-0.15, -0.1) is 0 Å². The highest BCUT2D eigenvalue weighted by atomic mass is 35.5. The molecule has 0 heterocycles. The lowest BCUT2D eigenvalue weighted by Crippen LogP contribution is -2.24. The maximum atomic E-state index is 12.1. The number of benzene rings is 1. The van der Waals surface area contributed by atoms with Crippen molar-refractivity contribution in [2.75, 3.05) is 11.1 Å². The molecule has 1 aromatic carbocycles. The zero-order chi connectivity index (χ0) is 13.2. The Kier molecular flexibility index (Phi) is 4.38. The van der Waals surface area contributed by atoms with E-state index in [1.807, 2.05) is 0 Å². The van der Waals surface area contributed by atoms with Crippen molar-refractivity contribution in [2.24, 2.45) is 0 Å². The first kappa shape index (κ1) is 14.3. The summed E-state index contributed by atoms with van der Waals surface area (Å²) < 4.78 is 36.4. The van der Waals surface area contributed by atoms with Gasteiger partial charge in [0.1, 0.15) is 0 Å². The summed E-state index contributed by atoms with van der Waals surface area (Å²) in [5.74, 6) is 0. The second kappa shape index (κ2) is 5.23. The van der Waals surface area contributed by atoms with Gasteiger partial charge in [-0.2, -0.15) is 13.2 Å². The predicted octanol–water partition coefficient (Wildman–Crippen LogP) is 4.33. The van der Waals surface area contributed by atoms with Gasteiger partial charge in [0.25, 0.3) is 0 Å². The first-order chi connectivity index (χ1) is 7.69. The molecule has 0 fully saturated rings. The molecule has 0 amide bonds. The van der Waals surface area contributed by atoms with Crippen molar-refractivity contribution >= 4 is 34.6 Å². The van der Waals surface area contributed by atoms with E-state index in [1.54, 1.807) is 0 Å². The highest BCUT2D eigenvalue weighted by Crippen LogP contribution is 2.34. The maximum absolute atomic E-state index is 12.1. The van der Waals surface area contributed by atoms with Crippen molar-refractivity contribution in [3.05, 3.63) is 22.2 Å². The minimum absolute atomic E-state index is 0.198. The molecule has 1 aromatic rings. The molecule has 1 rings (SSSR count). The summed E-state index contributed by atoms with van der Waals surface area (Å²) in [4.78, 5) is 0. The Balaban J connectivity index is 2.82. The van der Waals surface area contributed by atoms with Gasteiger partial charge in [0.2, 0.25) is 0 Å². The minimum Gasteiger partial charge on any atom is -0.399 e. The van der Waals surface area contributed by atoms with Crippen molar-refractivity contribution in [1.82, 2.24) is 0 Å². The van der Waals surface area contributed by atoms with E-state index in [0.29, 0.717) is 5.69 Å². The van der Waals surface area contributed by atoms with E-state index in [0.717, 1.165) is 0 Å². The molecule has 96 valence electrons. The molecule has 2 nitrogen and oxygen atoms in total. The van der Waals surface area contributed by atoms with Crippen LogP contribution in [0.15, 0.2) is 12.1 Å². The van der Waals surface area contributed by atoms with E-state index in [9.17, 15) is 13.2 Å². The van der Waals surface area contributed by atoms with Gasteiger partial charge < -0.3 is 11.1 Å². The largest absolute Gasteiger partial charge is 0.399 e. The summed E-state index contributed by atoms with van der Waals surface area (Å²) in [5.41, 5.74) is 6.10. The first-order valence-corrected chi connectivity index (χ1v) is 5.52. The van der Waals surface area contributed by atoms with Crippen LogP contribution in [0.2, 0.25) is 10.0 Å². The number of hydrogen-bond acceptors (Lipinski definition) is 2. The average molecular weight is 287 g/mol. The van der Waals surface area contributed by atoms with Gasteiger partial charge in [-0.3, -0.25) is 0 Å². The number of nitrogen functional groups attached to an aromatic ring is 1. The van der Waals surface area contributed by atoms with E-state index in [2.05, 4.69) is 5.32 Å². The monoisotopic (exact) mass is 286 g/mol. The van der Waals surface area contributed by atoms with E-state index >= 15 is 0 Å². The minimum atomic E-state index is -4.24. The number of anilines is 2. The number of halogens is 5. The van der Waals surface area contributed by atoms with Gasteiger partial charge in [0.05, 0.1) is 22.2 Å². The van der Waals surface area contributed by atoms with Gasteiger partial charge in [0, 0.05) is 11.7 Å². The third-order valence-electron chi connectivity index (χ3n) is 1.99. The normalized spacial score (nSPS) is 13.5. The molecular weight excluding hydrogens is 276 g/mol. The number of rotatable bonds is 3. The molecule has 0 radical (unpaired) electrons. The molecule has 0 saturated heterocycles. The van der Waals surface area contributed by atoms with Crippen LogP contribution >= 0.6 is 23.2 Å². The zero-order valence-corrected chi connectivity index (χ0v) is 10.4. The zero-order valence-electron chi connectivity index (χ0n) is 8.91. The van der Waals surface area contributed by atoms with Crippen LogP contribution in [0, 0.1) is 0 Å². The third-order valence-corrected chi connectivity index (χ3v) is 2.59. The van der Waals surface area contributed by atoms with Gasteiger partial charge in [0.15, 0.2) is 0 Å². The van der Waals surface area contributed by atoms with Gasteiger partial charge >= 0.3 is 6.18 Å². The Morgan fingerprint density at radius 2 is 1.76 bits per heavy atom. The van der Waals surface area contributed by atoms with Crippen molar-refractivity contribution in [3.63, 3.8) is 0 Å². The summed E-state index contributed by atoms with van der Waals surface area (Å²) in [7, 11) is 0. The first-order valence-electron chi connectivity index (χ1n) is 4.77. The highest BCUT2D eigenvalue weighted by Gasteiger charge is 2.30. The Hall–Kier alpha value is -0.810. The topological polar surface area (TPSA) is 38.0 Å². The molecule has 0 aliphatic carbocycles. The molecule has 0 aromatic heterocycles. The number of alkyl halides is 3. The van der Waals surface area contributed by atoms with Gasteiger partial charge in [-0.1, -0.05) is 23.2 Å².